The number of rotatable bonds is 4. The van der Waals surface area contributed by atoms with E-state index in [4.69, 9.17) is 9.47 Å². The number of hydrogen-bond donors (Lipinski definition) is 0. The van der Waals surface area contributed by atoms with Gasteiger partial charge in [0, 0.05) is 19.6 Å². The normalized spacial score (nSPS) is 22.4. The Morgan fingerprint density at radius 2 is 0.800 bits per heavy atom. The summed E-state index contributed by atoms with van der Waals surface area (Å²) in [5.41, 5.74) is 4.05. The molecule has 2 aliphatic heterocycles. The third-order valence-corrected chi connectivity index (χ3v) is 11.9. The minimum atomic E-state index is -0.157. The lowest BCUT2D eigenvalue weighted by molar-refractivity contribution is 0.0926. The van der Waals surface area contributed by atoms with Gasteiger partial charge < -0.3 is 9.47 Å². The molecule has 5 aromatic carbocycles. The highest BCUT2D eigenvalue weighted by molar-refractivity contribution is 8.05. The molecule has 4 atom stereocenters. The van der Waals surface area contributed by atoms with E-state index in [9.17, 15) is 0 Å². The zero-order valence-corrected chi connectivity index (χ0v) is 24.6. The van der Waals surface area contributed by atoms with Crippen LogP contribution in [0.3, 0.4) is 0 Å². The summed E-state index contributed by atoms with van der Waals surface area (Å²) in [6.45, 7) is 0. The topological polar surface area (TPSA) is 18.5 Å². The van der Waals surface area contributed by atoms with Gasteiger partial charge in [-0.15, -0.1) is 0 Å². The van der Waals surface area contributed by atoms with Gasteiger partial charge in [0.05, 0.1) is 0 Å². The summed E-state index contributed by atoms with van der Waals surface area (Å²) < 4.78 is 13.7. The molecule has 197 valence electrons. The fourth-order valence-corrected chi connectivity index (χ4v) is 9.96. The van der Waals surface area contributed by atoms with Crippen LogP contribution in [0.2, 0.25) is 0 Å². The molecule has 0 N–H and O–H groups in total. The Bertz CT molecular complexity index is 1450. The van der Waals surface area contributed by atoms with Crippen molar-refractivity contribution in [2.24, 2.45) is 0 Å². The lowest BCUT2D eigenvalue weighted by atomic mass is 10.2. The van der Waals surface area contributed by atoms with Crippen molar-refractivity contribution in [1.29, 1.82) is 0 Å². The van der Waals surface area contributed by atoms with Crippen molar-refractivity contribution in [2.75, 3.05) is 0 Å². The molecule has 0 spiro atoms. The zero-order valence-electron chi connectivity index (χ0n) is 21.4. The van der Waals surface area contributed by atoms with Gasteiger partial charge in [-0.1, -0.05) is 168 Å². The van der Waals surface area contributed by atoms with Crippen molar-refractivity contribution < 1.29 is 9.47 Å². The van der Waals surface area contributed by atoms with E-state index >= 15 is 0 Å². The minimum Gasteiger partial charge on any atom is -0.343 e. The van der Waals surface area contributed by atoms with Crippen LogP contribution in [0.5, 0.6) is 0 Å². The van der Waals surface area contributed by atoms with Crippen LogP contribution in [-0.2, 0) is 9.47 Å². The van der Waals surface area contributed by atoms with E-state index in [1.807, 2.05) is 0 Å². The maximum atomic E-state index is 6.85. The van der Waals surface area contributed by atoms with E-state index in [0.717, 1.165) is 27.1 Å². The van der Waals surface area contributed by atoms with E-state index in [1.54, 1.807) is 47.0 Å². The quantitative estimate of drug-likeness (QED) is 0.205. The van der Waals surface area contributed by atoms with Crippen LogP contribution in [0.15, 0.2) is 147 Å². The van der Waals surface area contributed by atoms with Gasteiger partial charge >= 0.3 is 0 Å². The lowest BCUT2D eigenvalue weighted by Gasteiger charge is -2.22. The van der Waals surface area contributed by atoms with Crippen LogP contribution in [0, 0.1) is 6.07 Å². The number of fused-ring (bicyclic) bond motifs is 3. The Morgan fingerprint density at radius 1 is 0.425 bits per heavy atom. The molecule has 6 heteroatoms. The first-order valence-corrected chi connectivity index (χ1v) is 16.6. The number of benzene rings is 5. The number of hydrogen-bond acceptors (Lipinski definition) is 6. The summed E-state index contributed by atoms with van der Waals surface area (Å²) in [5.74, 6) is 0. The van der Waals surface area contributed by atoms with E-state index in [2.05, 4.69) is 133 Å². The summed E-state index contributed by atoms with van der Waals surface area (Å²) in [6.07, 6.45) is 0. The molecule has 0 aliphatic carbocycles. The van der Waals surface area contributed by atoms with E-state index in [1.165, 1.54) is 14.7 Å². The van der Waals surface area contributed by atoms with Gasteiger partial charge in [-0.3, -0.25) is 0 Å². The third-order valence-electron chi connectivity index (χ3n) is 6.66. The zero-order chi connectivity index (χ0) is 26.7. The maximum Gasteiger partial charge on any atom is 0.134 e. The molecule has 0 bridgehead atoms. The molecule has 1 radical (unpaired) electrons. The molecule has 40 heavy (non-hydrogen) atoms. The highest BCUT2D eigenvalue weighted by Crippen LogP contribution is 2.60. The average Bonchev–Trinajstić information content (AvgIpc) is 3.36. The summed E-state index contributed by atoms with van der Waals surface area (Å²) in [5, 5.41) is 0. The van der Waals surface area contributed by atoms with Gasteiger partial charge in [-0.05, 0) is 34.4 Å². The van der Waals surface area contributed by atoms with Crippen LogP contribution in [-0.4, -0.2) is 0 Å². The third kappa shape index (κ3) is 5.62. The van der Waals surface area contributed by atoms with Gasteiger partial charge in [-0.25, -0.2) is 0 Å². The predicted molar refractivity (Wildman–Crippen MR) is 168 cm³/mol. The van der Waals surface area contributed by atoms with Gasteiger partial charge in [-0.2, -0.15) is 0 Å². The molecule has 2 heterocycles. The molecule has 5 aromatic rings. The SMILES string of the molecule is [c]1cc2c(c3c1SC(c1ccccc1)OC(c1ccccc1)S3)SC(c1ccccc1)OC(c1ccccc1)S2. The molecule has 2 aliphatic rings. The average molecular weight is 594 g/mol. The van der Waals surface area contributed by atoms with Crippen molar-refractivity contribution in [3.8, 4) is 0 Å². The van der Waals surface area contributed by atoms with Gasteiger partial charge in [0.2, 0.25) is 0 Å². The molecule has 0 aromatic heterocycles. The van der Waals surface area contributed by atoms with Crippen LogP contribution in [0.1, 0.15) is 44.0 Å². The Kier molecular flexibility index (Phi) is 7.97. The van der Waals surface area contributed by atoms with Crippen LogP contribution < -0.4 is 0 Å². The summed E-state index contributed by atoms with van der Waals surface area (Å²) >= 11 is 7.08. The second-order valence-corrected chi connectivity index (χ2v) is 13.7. The fourth-order valence-electron chi connectivity index (χ4n) is 4.67. The van der Waals surface area contributed by atoms with Crippen LogP contribution >= 0.6 is 47.0 Å². The molecule has 2 nitrogen and oxygen atoms in total. The lowest BCUT2D eigenvalue weighted by Crippen LogP contribution is -2.04. The highest BCUT2D eigenvalue weighted by Gasteiger charge is 2.34. The Morgan fingerprint density at radius 3 is 1.25 bits per heavy atom. The van der Waals surface area contributed by atoms with Gasteiger partial charge in [0.1, 0.15) is 21.7 Å². The fraction of sp³-hybridized carbons (Fsp3) is 0.118. The highest BCUT2D eigenvalue weighted by atomic mass is 32.2. The van der Waals surface area contributed by atoms with Crippen molar-refractivity contribution in [2.45, 2.75) is 41.3 Å². The first kappa shape index (κ1) is 26.3. The van der Waals surface area contributed by atoms with Gasteiger partial charge in [0.25, 0.3) is 0 Å². The molecule has 0 amide bonds. The van der Waals surface area contributed by atoms with Crippen LogP contribution in [0.25, 0.3) is 0 Å². The largest absolute Gasteiger partial charge is 0.343 e. The number of thioether (sulfide) groups is 4. The summed E-state index contributed by atoms with van der Waals surface area (Å²) in [6, 6.07) is 47.9. The van der Waals surface area contributed by atoms with Crippen molar-refractivity contribution in [3.05, 3.63) is 156 Å². The molecular weight excluding hydrogens is 569 g/mol. The Balaban J connectivity index is 1.35. The van der Waals surface area contributed by atoms with Crippen molar-refractivity contribution >= 4 is 47.0 Å². The van der Waals surface area contributed by atoms with Crippen molar-refractivity contribution in [3.63, 3.8) is 0 Å². The maximum absolute atomic E-state index is 6.85. The molecular formula is C34H25O2S4. The standard InChI is InChI=1S/C34H25O2S4/c1-5-13-23(14-6-1)31-35-33(25-17-9-3-10-18-25)39-29-27(37-31)21-22-28-30(29)40-34(26-19-11-4-12-20-26)36-32(38-28)24-15-7-2-8-16-24/h1-21,31-34H. The summed E-state index contributed by atoms with van der Waals surface area (Å²) in [4.78, 5) is 4.76. The first-order valence-electron chi connectivity index (χ1n) is 13.1. The first-order chi connectivity index (χ1) is 19.8. The van der Waals surface area contributed by atoms with Gasteiger partial charge in [0.15, 0.2) is 0 Å². The smallest absolute Gasteiger partial charge is 0.134 e. The van der Waals surface area contributed by atoms with E-state index in [0.29, 0.717) is 0 Å². The molecule has 0 saturated carbocycles. The van der Waals surface area contributed by atoms with E-state index in [-0.39, 0.29) is 21.7 Å². The van der Waals surface area contributed by atoms with Crippen LogP contribution in [0.4, 0.5) is 0 Å². The minimum absolute atomic E-state index is 0.131. The molecule has 0 fully saturated rings. The molecule has 0 saturated heterocycles. The monoisotopic (exact) mass is 593 g/mol. The molecule has 7 rings (SSSR count). The molecule has 4 unspecified atom stereocenters. The number of ether oxygens (including phenoxy) is 2. The van der Waals surface area contributed by atoms with E-state index < -0.39 is 0 Å². The summed E-state index contributed by atoms with van der Waals surface area (Å²) in [7, 11) is 0. The predicted octanol–water partition coefficient (Wildman–Crippen LogP) is 10.7. The Labute approximate surface area is 252 Å². The van der Waals surface area contributed by atoms with Crippen molar-refractivity contribution in [1.82, 2.24) is 0 Å². The Hall–Kier alpha value is -2.58. The second kappa shape index (κ2) is 12.1. The second-order valence-electron chi connectivity index (χ2n) is 9.35.